The first kappa shape index (κ1) is 12.8. The second kappa shape index (κ2) is 6.93. The highest BCUT2D eigenvalue weighted by Crippen LogP contribution is 2.08. The lowest BCUT2D eigenvalue weighted by molar-refractivity contribution is -0.134. The van der Waals surface area contributed by atoms with Crippen LogP contribution in [0.15, 0.2) is 47.2 Å². The molecule has 94 valence electrons. The molecule has 1 heterocycles. The molecule has 0 aliphatic heterocycles. The van der Waals surface area contributed by atoms with Crippen molar-refractivity contribution in [3.63, 3.8) is 0 Å². The maximum absolute atomic E-state index is 11.5. The van der Waals surface area contributed by atoms with Crippen molar-refractivity contribution >= 4 is 17.2 Å². The van der Waals surface area contributed by atoms with Gasteiger partial charge >= 0.3 is 0 Å². The number of aryl methyl sites for hydroxylation is 1. The molecule has 0 fully saturated rings. The highest BCUT2D eigenvalue weighted by molar-refractivity contribution is 7.07. The molecule has 1 amide bonds. The number of hydrogen-bond acceptors (Lipinski definition) is 3. The monoisotopic (exact) mass is 261 g/mol. The van der Waals surface area contributed by atoms with Crippen molar-refractivity contribution < 1.29 is 9.63 Å². The average Bonchev–Trinajstić information content (AvgIpc) is 2.91. The fourth-order valence-electron chi connectivity index (χ4n) is 1.52. The number of carbonyl (C=O) groups is 1. The van der Waals surface area contributed by atoms with Gasteiger partial charge in [0, 0.05) is 6.42 Å². The zero-order valence-electron chi connectivity index (χ0n) is 9.96. The topological polar surface area (TPSA) is 38.3 Å². The first-order valence-corrected chi connectivity index (χ1v) is 6.74. The summed E-state index contributed by atoms with van der Waals surface area (Å²) in [5, 5.41) is 4.07. The number of amides is 1. The molecule has 18 heavy (non-hydrogen) atoms. The summed E-state index contributed by atoms with van der Waals surface area (Å²) >= 11 is 1.64. The van der Waals surface area contributed by atoms with Gasteiger partial charge < -0.3 is 0 Å². The van der Waals surface area contributed by atoms with Gasteiger partial charge in [-0.25, -0.2) is 5.48 Å². The Kier molecular flexibility index (Phi) is 4.93. The summed E-state index contributed by atoms with van der Waals surface area (Å²) in [7, 11) is 0. The summed E-state index contributed by atoms with van der Waals surface area (Å²) in [5.74, 6) is -0.0860. The van der Waals surface area contributed by atoms with E-state index in [4.69, 9.17) is 4.84 Å². The van der Waals surface area contributed by atoms with Crippen LogP contribution in [0.3, 0.4) is 0 Å². The van der Waals surface area contributed by atoms with Gasteiger partial charge in [0.2, 0.25) is 5.91 Å². The second-order valence-corrected chi connectivity index (χ2v) is 4.71. The quantitative estimate of drug-likeness (QED) is 0.812. The molecule has 1 N–H and O–H groups in total. The molecule has 0 aliphatic rings. The van der Waals surface area contributed by atoms with Crippen LogP contribution in [0.2, 0.25) is 0 Å². The van der Waals surface area contributed by atoms with Gasteiger partial charge in [0.25, 0.3) is 0 Å². The van der Waals surface area contributed by atoms with Crippen molar-refractivity contribution in [2.24, 2.45) is 0 Å². The molecule has 0 bridgehead atoms. The van der Waals surface area contributed by atoms with E-state index in [1.165, 1.54) is 5.56 Å². The Morgan fingerprint density at radius 1 is 1.17 bits per heavy atom. The van der Waals surface area contributed by atoms with Crippen molar-refractivity contribution in [1.29, 1.82) is 0 Å². The molecule has 0 atom stereocenters. The summed E-state index contributed by atoms with van der Waals surface area (Å²) < 4.78 is 0. The minimum Gasteiger partial charge on any atom is -0.273 e. The van der Waals surface area contributed by atoms with Crippen LogP contribution in [0.4, 0.5) is 0 Å². The van der Waals surface area contributed by atoms with Crippen LogP contribution in [0, 0.1) is 0 Å². The minimum atomic E-state index is -0.0860. The lowest BCUT2D eigenvalue weighted by Gasteiger charge is -2.05. The van der Waals surface area contributed by atoms with E-state index in [0.29, 0.717) is 13.0 Å². The third kappa shape index (κ3) is 4.31. The highest BCUT2D eigenvalue weighted by atomic mass is 32.1. The number of rotatable bonds is 6. The van der Waals surface area contributed by atoms with Gasteiger partial charge in [-0.1, -0.05) is 30.3 Å². The van der Waals surface area contributed by atoms with E-state index < -0.39 is 0 Å². The van der Waals surface area contributed by atoms with Crippen molar-refractivity contribution in [2.45, 2.75) is 19.4 Å². The lowest BCUT2D eigenvalue weighted by atomic mass is 10.2. The van der Waals surface area contributed by atoms with Gasteiger partial charge in [0.15, 0.2) is 0 Å². The van der Waals surface area contributed by atoms with E-state index in [2.05, 4.69) is 10.9 Å². The Balaban J connectivity index is 1.63. The number of hydroxylamine groups is 1. The third-order valence-electron chi connectivity index (χ3n) is 2.49. The molecule has 0 spiro atoms. The van der Waals surface area contributed by atoms with Gasteiger partial charge in [-0.3, -0.25) is 9.63 Å². The van der Waals surface area contributed by atoms with E-state index in [1.807, 2.05) is 41.8 Å². The Labute approximate surface area is 110 Å². The first-order chi connectivity index (χ1) is 8.84. The average molecular weight is 261 g/mol. The van der Waals surface area contributed by atoms with Crippen molar-refractivity contribution in [3.05, 3.63) is 58.3 Å². The summed E-state index contributed by atoms with van der Waals surface area (Å²) in [4.78, 5) is 16.7. The van der Waals surface area contributed by atoms with Gasteiger partial charge in [-0.05, 0) is 34.4 Å². The predicted octanol–water partition coefficient (Wildman–Crippen LogP) is 2.93. The Bertz CT molecular complexity index is 468. The third-order valence-corrected chi connectivity index (χ3v) is 3.22. The van der Waals surface area contributed by atoms with Crippen molar-refractivity contribution in [2.75, 3.05) is 0 Å². The molecule has 0 saturated carbocycles. The zero-order chi connectivity index (χ0) is 12.6. The molecule has 0 aliphatic carbocycles. The summed E-state index contributed by atoms with van der Waals surface area (Å²) in [5.41, 5.74) is 4.69. The van der Waals surface area contributed by atoms with Crippen LogP contribution >= 0.6 is 11.3 Å². The van der Waals surface area contributed by atoms with Gasteiger partial charge in [0.05, 0.1) is 6.61 Å². The molecule has 0 radical (unpaired) electrons. The Morgan fingerprint density at radius 3 is 2.72 bits per heavy atom. The van der Waals surface area contributed by atoms with E-state index in [9.17, 15) is 4.79 Å². The van der Waals surface area contributed by atoms with Crippen LogP contribution in [0.1, 0.15) is 17.5 Å². The molecule has 4 heteroatoms. The summed E-state index contributed by atoms with van der Waals surface area (Å²) in [6.45, 7) is 0.394. The molecule has 1 aromatic carbocycles. The van der Waals surface area contributed by atoms with Crippen LogP contribution in [0.5, 0.6) is 0 Å². The van der Waals surface area contributed by atoms with Crippen LogP contribution in [-0.2, 0) is 22.7 Å². The van der Waals surface area contributed by atoms with Crippen molar-refractivity contribution in [1.82, 2.24) is 5.48 Å². The number of carbonyl (C=O) groups excluding carboxylic acids is 1. The van der Waals surface area contributed by atoms with Gasteiger partial charge in [-0.2, -0.15) is 11.3 Å². The molecule has 2 aromatic rings. The zero-order valence-corrected chi connectivity index (χ0v) is 10.8. The molecule has 2 rings (SSSR count). The number of thiophene rings is 1. The minimum absolute atomic E-state index is 0.0860. The molecule has 3 nitrogen and oxygen atoms in total. The molecular weight excluding hydrogens is 246 g/mol. The fraction of sp³-hybridized carbons (Fsp3) is 0.214. The smallest absolute Gasteiger partial charge is 0.243 e. The summed E-state index contributed by atoms with van der Waals surface area (Å²) in [6, 6.07) is 11.8. The summed E-state index contributed by atoms with van der Waals surface area (Å²) in [6.07, 6.45) is 1.20. The van der Waals surface area contributed by atoms with Crippen LogP contribution in [0.25, 0.3) is 0 Å². The van der Waals surface area contributed by atoms with Crippen molar-refractivity contribution in [3.8, 4) is 0 Å². The van der Waals surface area contributed by atoms with Crippen LogP contribution < -0.4 is 5.48 Å². The van der Waals surface area contributed by atoms with Crippen LogP contribution in [-0.4, -0.2) is 5.91 Å². The van der Waals surface area contributed by atoms with Gasteiger partial charge in [0.1, 0.15) is 0 Å². The molecular formula is C14H15NO2S. The van der Waals surface area contributed by atoms with E-state index in [1.54, 1.807) is 11.3 Å². The Morgan fingerprint density at radius 2 is 2.00 bits per heavy atom. The Hall–Kier alpha value is -1.65. The predicted molar refractivity (Wildman–Crippen MR) is 72.0 cm³/mol. The van der Waals surface area contributed by atoms with E-state index in [-0.39, 0.29) is 5.91 Å². The maximum atomic E-state index is 11.5. The van der Waals surface area contributed by atoms with E-state index in [0.717, 1.165) is 12.0 Å². The number of hydrogen-bond donors (Lipinski definition) is 1. The SMILES string of the molecule is O=C(CCc1ccsc1)NOCc1ccccc1. The first-order valence-electron chi connectivity index (χ1n) is 5.80. The fourth-order valence-corrected chi connectivity index (χ4v) is 2.22. The second-order valence-electron chi connectivity index (χ2n) is 3.93. The maximum Gasteiger partial charge on any atom is 0.243 e. The normalized spacial score (nSPS) is 10.2. The number of nitrogens with one attached hydrogen (secondary N) is 1. The molecule has 0 unspecified atom stereocenters. The molecule has 0 saturated heterocycles. The van der Waals surface area contributed by atoms with E-state index >= 15 is 0 Å². The standard InChI is InChI=1S/C14H15NO2S/c16-14(7-6-13-8-9-18-11-13)15-17-10-12-4-2-1-3-5-12/h1-5,8-9,11H,6-7,10H2,(H,15,16). The lowest BCUT2D eigenvalue weighted by Crippen LogP contribution is -2.23. The van der Waals surface area contributed by atoms with Gasteiger partial charge in [-0.15, -0.1) is 0 Å². The molecule has 1 aromatic heterocycles. The number of benzene rings is 1. The largest absolute Gasteiger partial charge is 0.273 e. The highest BCUT2D eigenvalue weighted by Gasteiger charge is 2.02.